The van der Waals surface area contributed by atoms with Crippen LogP contribution in [0.2, 0.25) is 0 Å². The van der Waals surface area contributed by atoms with E-state index in [1.54, 1.807) is 6.07 Å². The van der Waals surface area contributed by atoms with Gasteiger partial charge in [-0.05, 0) is 18.2 Å². The summed E-state index contributed by atoms with van der Waals surface area (Å²) in [5.41, 5.74) is 1.15. The van der Waals surface area contributed by atoms with Crippen LogP contribution in [-0.4, -0.2) is 60.2 Å². The standard InChI is InChI=1S/C14H18BrNO6S/c1-20-14(17)12-7-10(15)3-4-13(12)16-5-6-21-11(8-16)9-22-23(2,18)19/h3-4,7,11H,5-6,8-9H2,1-2H3/t11-/m0/s1. The van der Waals surface area contributed by atoms with Gasteiger partial charge in [-0.1, -0.05) is 15.9 Å². The monoisotopic (exact) mass is 407 g/mol. The first kappa shape index (κ1) is 18.2. The fraction of sp³-hybridized carbons (Fsp3) is 0.500. The molecular weight excluding hydrogens is 390 g/mol. The average molecular weight is 408 g/mol. The van der Waals surface area contributed by atoms with Crippen molar-refractivity contribution in [1.82, 2.24) is 0 Å². The summed E-state index contributed by atoms with van der Waals surface area (Å²) in [5.74, 6) is -0.434. The van der Waals surface area contributed by atoms with Crippen molar-refractivity contribution in [2.24, 2.45) is 0 Å². The Morgan fingerprint density at radius 2 is 2.22 bits per heavy atom. The van der Waals surface area contributed by atoms with E-state index in [1.165, 1.54) is 7.11 Å². The summed E-state index contributed by atoms with van der Waals surface area (Å²) >= 11 is 3.34. The van der Waals surface area contributed by atoms with E-state index < -0.39 is 22.2 Å². The minimum Gasteiger partial charge on any atom is -0.465 e. The first-order chi connectivity index (χ1) is 10.8. The van der Waals surface area contributed by atoms with Gasteiger partial charge in [0.2, 0.25) is 0 Å². The van der Waals surface area contributed by atoms with Gasteiger partial charge in [-0.15, -0.1) is 0 Å². The molecule has 1 aromatic rings. The molecular formula is C14H18BrNO6S. The van der Waals surface area contributed by atoms with Gasteiger partial charge >= 0.3 is 5.97 Å². The normalized spacial score (nSPS) is 18.7. The Hall–Kier alpha value is -1.16. The lowest BCUT2D eigenvalue weighted by Gasteiger charge is -2.35. The second kappa shape index (κ2) is 7.61. The maximum absolute atomic E-state index is 12.0. The molecule has 0 spiro atoms. The summed E-state index contributed by atoms with van der Waals surface area (Å²) in [6.07, 6.45) is 0.602. The van der Waals surface area contributed by atoms with Gasteiger partial charge in [0.1, 0.15) is 0 Å². The summed E-state index contributed by atoms with van der Waals surface area (Å²) < 4.78 is 38.1. The number of nitrogens with zero attached hydrogens (tertiary/aromatic N) is 1. The maximum Gasteiger partial charge on any atom is 0.340 e. The first-order valence-corrected chi connectivity index (χ1v) is 9.50. The lowest BCUT2D eigenvalue weighted by Crippen LogP contribution is -2.45. The Balaban J connectivity index is 2.16. The number of hydrogen-bond donors (Lipinski definition) is 0. The molecule has 0 aliphatic carbocycles. The Bertz CT molecular complexity index is 678. The third-order valence-corrected chi connectivity index (χ3v) is 4.37. The lowest BCUT2D eigenvalue weighted by atomic mass is 10.1. The number of halogens is 1. The first-order valence-electron chi connectivity index (χ1n) is 6.89. The molecule has 7 nitrogen and oxygen atoms in total. The van der Waals surface area contributed by atoms with Crippen LogP contribution in [-0.2, 0) is 23.8 Å². The number of benzene rings is 1. The Morgan fingerprint density at radius 3 is 2.87 bits per heavy atom. The predicted molar refractivity (Wildman–Crippen MR) is 88.2 cm³/mol. The van der Waals surface area contributed by atoms with Crippen LogP contribution in [0.15, 0.2) is 22.7 Å². The molecule has 23 heavy (non-hydrogen) atoms. The third kappa shape index (κ3) is 5.17. The SMILES string of the molecule is COC(=O)c1cc(Br)ccc1N1CCO[C@H](COS(C)(=O)=O)C1. The predicted octanol–water partition coefficient (Wildman–Crippen LogP) is 1.42. The number of carbonyl (C=O) groups excluding carboxylic acids is 1. The van der Waals surface area contributed by atoms with Crippen molar-refractivity contribution < 1.29 is 26.9 Å². The van der Waals surface area contributed by atoms with Gasteiger partial charge in [0, 0.05) is 17.6 Å². The highest BCUT2D eigenvalue weighted by Gasteiger charge is 2.25. The quantitative estimate of drug-likeness (QED) is 0.538. The minimum atomic E-state index is -3.52. The number of hydrogen-bond acceptors (Lipinski definition) is 7. The lowest BCUT2D eigenvalue weighted by molar-refractivity contribution is 0.0118. The highest BCUT2D eigenvalue weighted by atomic mass is 79.9. The summed E-state index contributed by atoms with van der Waals surface area (Å²) in [5, 5.41) is 0. The van der Waals surface area contributed by atoms with Crippen molar-refractivity contribution >= 4 is 37.7 Å². The van der Waals surface area contributed by atoms with Crippen LogP contribution in [0.4, 0.5) is 5.69 Å². The molecule has 1 fully saturated rings. The van der Waals surface area contributed by atoms with Crippen LogP contribution in [0.3, 0.4) is 0 Å². The van der Waals surface area contributed by atoms with Crippen molar-refractivity contribution in [1.29, 1.82) is 0 Å². The van der Waals surface area contributed by atoms with E-state index in [4.69, 9.17) is 13.7 Å². The van der Waals surface area contributed by atoms with E-state index in [2.05, 4.69) is 15.9 Å². The number of ether oxygens (including phenoxy) is 2. The Labute approximate surface area is 143 Å². The van der Waals surface area contributed by atoms with E-state index in [1.807, 2.05) is 17.0 Å². The zero-order valence-corrected chi connectivity index (χ0v) is 15.2. The Morgan fingerprint density at radius 1 is 1.48 bits per heavy atom. The van der Waals surface area contributed by atoms with E-state index in [9.17, 15) is 13.2 Å². The number of esters is 1. The molecule has 0 saturated carbocycles. The molecule has 1 heterocycles. The molecule has 1 aromatic carbocycles. The number of rotatable bonds is 5. The second-order valence-electron chi connectivity index (χ2n) is 5.08. The minimum absolute atomic E-state index is 0.0561. The highest BCUT2D eigenvalue weighted by Crippen LogP contribution is 2.27. The highest BCUT2D eigenvalue weighted by molar-refractivity contribution is 9.10. The molecule has 0 aromatic heterocycles. The van der Waals surface area contributed by atoms with Gasteiger partial charge in [-0.25, -0.2) is 4.79 Å². The Kier molecular flexibility index (Phi) is 6.01. The number of morpholine rings is 1. The van der Waals surface area contributed by atoms with Crippen LogP contribution >= 0.6 is 15.9 Å². The molecule has 9 heteroatoms. The second-order valence-corrected chi connectivity index (χ2v) is 7.64. The third-order valence-electron chi connectivity index (χ3n) is 3.31. The van der Waals surface area contributed by atoms with Gasteiger partial charge in [0.05, 0.1) is 43.9 Å². The van der Waals surface area contributed by atoms with Crippen LogP contribution < -0.4 is 4.90 Å². The van der Waals surface area contributed by atoms with Crippen molar-refractivity contribution in [3.8, 4) is 0 Å². The number of carbonyl (C=O) groups is 1. The molecule has 1 atom stereocenters. The summed E-state index contributed by atoms with van der Waals surface area (Å²) in [7, 11) is -2.19. The van der Waals surface area contributed by atoms with Gasteiger partial charge in [0.25, 0.3) is 10.1 Å². The molecule has 0 radical (unpaired) electrons. The molecule has 1 aliphatic heterocycles. The molecule has 0 unspecified atom stereocenters. The smallest absolute Gasteiger partial charge is 0.340 e. The number of methoxy groups -OCH3 is 1. The summed E-state index contributed by atoms with van der Waals surface area (Å²) in [6, 6.07) is 5.34. The van der Waals surface area contributed by atoms with Crippen molar-refractivity contribution in [2.75, 3.05) is 44.6 Å². The van der Waals surface area contributed by atoms with Crippen molar-refractivity contribution in [3.63, 3.8) is 0 Å². The maximum atomic E-state index is 12.0. The molecule has 0 amide bonds. The van der Waals surface area contributed by atoms with Crippen molar-refractivity contribution in [2.45, 2.75) is 6.10 Å². The number of anilines is 1. The molecule has 128 valence electrons. The van der Waals surface area contributed by atoms with Crippen LogP contribution in [0, 0.1) is 0 Å². The zero-order chi connectivity index (χ0) is 17.0. The topological polar surface area (TPSA) is 82.1 Å². The van der Waals surface area contributed by atoms with Crippen molar-refractivity contribution in [3.05, 3.63) is 28.2 Å². The van der Waals surface area contributed by atoms with Gasteiger partial charge in [-0.3, -0.25) is 4.18 Å². The van der Waals surface area contributed by atoms with E-state index in [-0.39, 0.29) is 6.61 Å². The van der Waals surface area contributed by atoms with Crippen LogP contribution in [0.1, 0.15) is 10.4 Å². The molecule has 2 rings (SSSR count). The summed E-state index contributed by atoms with van der Waals surface area (Å²) in [6.45, 7) is 1.36. The summed E-state index contributed by atoms with van der Waals surface area (Å²) in [4.78, 5) is 13.9. The van der Waals surface area contributed by atoms with Gasteiger partial charge < -0.3 is 14.4 Å². The van der Waals surface area contributed by atoms with E-state index in [0.717, 1.165) is 10.7 Å². The van der Waals surface area contributed by atoms with Gasteiger partial charge in [-0.2, -0.15) is 8.42 Å². The fourth-order valence-corrected chi connectivity index (χ4v) is 3.06. The molecule has 1 aliphatic rings. The largest absolute Gasteiger partial charge is 0.465 e. The zero-order valence-electron chi connectivity index (χ0n) is 12.8. The van der Waals surface area contributed by atoms with Crippen LogP contribution in [0.25, 0.3) is 0 Å². The fourth-order valence-electron chi connectivity index (χ4n) is 2.30. The molecule has 1 saturated heterocycles. The van der Waals surface area contributed by atoms with Crippen LogP contribution in [0.5, 0.6) is 0 Å². The van der Waals surface area contributed by atoms with E-state index >= 15 is 0 Å². The molecule has 0 bridgehead atoms. The van der Waals surface area contributed by atoms with E-state index in [0.29, 0.717) is 30.9 Å². The average Bonchev–Trinajstić information content (AvgIpc) is 2.51. The van der Waals surface area contributed by atoms with Gasteiger partial charge in [0.15, 0.2) is 0 Å². The molecule has 0 N–H and O–H groups in total.